The predicted molar refractivity (Wildman–Crippen MR) is 142 cm³/mol. The second-order valence-corrected chi connectivity index (χ2v) is 10.0. The van der Waals surface area contributed by atoms with Crippen molar-refractivity contribution in [1.29, 1.82) is 0 Å². The van der Waals surface area contributed by atoms with Gasteiger partial charge in [-0.25, -0.2) is 4.98 Å². The standard InChI is InChI=1S/C28H33F3N6O2/c1-21(2)18-26(38)37-14-7-13-34(25-10-5-6-12-32-25)16-17-35(19-22-8-3-4-9-23(22)37)27(39)20-36-15-11-24(33-36)28(29,30)31/h3-6,8-12,15,21H,7,13-14,16-20H2,1-2H3. The Hall–Kier alpha value is -3.89. The zero-order chi connectivity index (χ0) is 28.0. The molecule has 4 rings (SSSR count). The van der Waals surface area contributed by atoms with E-state index in [0.29, 0.717) is 39.0 Å². The number of rotatable bonds is 5. The number of para-hydroxylation sites is 1. The zero-order valence-corrected chi connectivity index (χ0v) is 22.1. The van der Waals surface area contributed by atoms with Crippen molar-refractivity contribution in [2.75, 3.05) is 36.0 Å². The van der Waals surface area contributed by atoms with Crippen LogP contribution in [0.2, 0.25) is 0 Å². The van der Waals surface area contributed by atoms with E-state index in [1.807, 2.05) is 56.3 Å². The number of halogens is 3. The van der Waals surface area contributed by atoms with E-state index in [0.717, 1.165) is 34.0 Å². The Kier molecular flexibility index (Phi) is 8.88. The van der Waals surface area contributed by atoms with Gasteiger partial charge in [-0.3, -0.25) is 14.3 Å². The Morgan fingerprint density at radius 1 is 0.949 bits per heavy atom. The monoisotopic (exact) mass is 542 g/mol. The van der Waals surface area contributed by atoms with Gasteiger partial charge in [0, 0.05) is 57.2 Å². The van der Waals surface area contributed by atoms with Crippen LogP contribution in [0.5, 0.6) is 0 Å². The van der Waals surface area contributed by atoms with Gasteiger partial charge in [0.2, 0.25) is 11.8 Å². The molecule has 2 amide bonds. The summed E-state index contributed by atoms with van der Waals surface area (Å²) >= 11 is 0. The molecule has 0 fully saturated rings. The second-order valence-electron chi connectivity index (χ2n) is 10.0. The van der Waals surface area contributed by atoms with E-state index in [1.165, 1.54) is 0 Å². The average Bonchev–Trinajstić information content (AvgIpc) is 3.35. The number of amides is 2. The van der Waals surface area contributed by atoms with Gasteiger partial charge in [0.25, 0.3) is 0 Å². The molecule has 0 spiro atoms. The van der Waals surface area contributed by atoms with Gasteiger partial charge in [0.15, 0.2) is 5.69 Å². The fourth-order valence-electron chi connectivity index (χ4n) is 4.63. The number of aromatic nitrogens is 3. The van der Waals surface area contributed by atoms with Gasteiger partial charge < -0.3 is 14.7 Å². The number of alkyl halides is 3. The third-order valence-corrected chi connectivity index (χ3v) is 6.53. The largest absolute Gasteiger partial charge is 0.435 e. The maximum absolute atomic E-state index is 13.5. The highest BCUT2D eigenvalue weighted by molar-refractivity contribution is 5.94. The first-order valence-corrected chi connectivity index (χ1v) is 13.0. The number of carbonyl (C=O) groups excluding carboxylic acids is 2. The van der Waals surface area contributed by atoms with Gasteiger partial charge in [0.1, 0.15) is 12.4 Å². The van der Waals surface area contributed by atoms with Crippen LogP contribution >= 0.6 is 0 Å². The number of carbonyl (C=O) groups is 2. The highest BCUT2D eigenvalue weighted by Crippen LogP contribution is 2.28. The SMILES string of the molecule is CC(C)CC(=O)N1CCCN(c2ccccn2)CCN(C(=O)Cn2ccc(C(F)(F)F)n2)Cc2ccccc21. The molecule has 39 heavy (non-hydrogen) atoms. The summed E-state index contributed by atoms with van der Waals surface area (Å²) in [7, 11) is 0. The molecule has 208 valence electrons. The van der Waals surface area contributed by atoms with E-state index in [1.54, 1.807) is 16.0 Å². The summed E-state index contributed by atoms with van der Waals surface area (Å²) in [5.41, 5.74) is 0.495. The number of benzene rings is 1. The Morgan fingerprint density at radius 2 is 1.72 bits per heavy atom. The van der Waals surface area contributed by atoms with Gasteiger partial charge in [0.05, 0.1) is 0 Å². The fourth-order valence-corrected chi connectivity index (χ4v) is 4.63. The topological polar surface area (TPSA) is 74.6 Å². The van der Waals surface area contributed by atoms with E-state index >= 15 is 0 Å². The lowest BCUT2D eigenvalue weighted by atomic mass is 10.1. The third-order valence-electron chi connectivity index (χ3n) is 6.53. The Labute approximate surface area is 226 Å². The summed E-state index contributed by atoms with van der Waals surface area (Å²) in [6.45, 7) is 5.77. The number of pyridine rings is 1. The number of nitrogens with zero attached hydrogens (tertiary/aromatic N) is 6. The summed E-state index contributed by atoms with van der Waals surface area (Å²) in [5, 5.41) is 3.55. The van der Waals surface area contributed by atoms with Crippen LogP contribution in [-0.4, -0.2) is 57.7 Å². The molecule has 0 saturated heterocycles. The summed E-state index contributed by atoms with van der Waals surface area (Å²) in [6, 6.07) is 14.0. The molecule has 0 N–H and O–H groups in total. The molecule has 0 radical (unpaired) electrons. The van der Waals surface area contributed by atoms with Crippen molar-refractivity contribution in [3.63, 3.8) is 0 Å². The van der Waals surface area contributed by atoms with Crippen molar-refractivity contribution in [3.05, 3.63) is 72.2 Å². The summed E-state index contributed by atoms with van der Waals surface area (Å²) in [5.74, 6) is 0.572. The number of fused-ring (bicyclic) bond motifs is 1. The molecule has 1 aliphatic rings. The van der Waals surface area contributed by atoms with Crippen LogP contribution < -0.4 is 9.80 Å². The Bertz CT molecular complexity index is 1260. The van der Waals surface area contributed by atoms with Gasteiger partial charge in [-0.2, -0.15) is 18.3 Å². The Balaban J connectivity index is 1.66. The van der Waals surface area contributed by atoms with Crippen molar-refractivity contribution in [3.8, 4) is 0 Å². The van der Waals surface area contributed by atoms with Crippen molar-refractivity contribution < 1.29 is 22.8 Å². The van der Waals surface area contributed by atoms with Crippen LogP contribution in [0.4, 0.5) is 24.7 Å². The molecule has 8 nitrogen and oxygen atoms in total. The molecule has 3 heterocycles. The van der Waals surface area contributed by atoms with Gasteiger partial charge >= 0.3 is 6.18 Å². The molecule has 0 atom stereocenters. The number of anilines is 2. The van der Waals surface area contributed by atoms with Crippen molar-refractivity contribution in [2.24, 2.45) is 5.92 Å². The van der Waals surface area contributed by atoms with Crippen LogP contribution in [0.1, 0.15) is 37.9 Å². The second kappa shape index (κ2) is 12.3. The molecule has 11 heteroatoms. The van der Waals surface area contributed by atoms with Crippen LogP contribution in [0.3, 0.4) is 0 Å². The van der Waals surface area contributed by atoms with Crippen molar-refractivity contribution in [2.45, 2.75) is 46.0 Å². The lowest BCUT2D eigenvalue weighted by Crippen LogP contribution is -2.40. The average molecular weight is 543 g/mol. The zero-order valence-electron chi connectivity index (χ0n) is 22.1. The molecule has 0 bridgehead atoms. The smallest absolute Gasteiger partial charge is 0.355 e. The van der Waals surface area contributed by atoms with Crippen LogP contribution in [0.15, 0.2) is 60.9 Å². The highest BCUT2D eigenvalue weighted by atomic mass is 19.4. The first-order valence-electron chi connectivity index (χ1n) is 13.0. The highest BCUT2D eigenvalue weighted by Gasteiger charge is 2.34. The molecular weight excluding hydrogens is 509 g/mol. The summed E-state index contributed by atoms with van der Waals surface area (Å²) < 4.78 is 40.2. The maximum Gasteiger partial charge on any atom is 0.435 e. The van der Waals surface area contributed by atoms with Gasteiger partial charge in [-0.1, -0.05) is 38.1 Å². The molecule has 1 aromatic carbocycles. The minimum Gasteiger partial charge on any atom is -0.355 e. The quantitative estimate of drug-likeness (QED) is 0.471. The van der Waals surface area contributed by atoms with Crippen LogP contribution in [-0.2, 0) is 28.9 Å². The van der Waals surface area contributed by atoms with E-state index in [9.17, 15) is 22.8 Å². The first-order chi connectivity index (χ1) is 18.6. The van der Waals surface area contributed by atoms with Crippen molar-refractivity contribution in [1.82, 2.24) is 19.7 Å². The molecule has 2 aromatic heterocycles. The molecular formula is C28H33F3N6O2. The van der Waals surface area contributed by atoms with E-state index in [4.69, 9.17) is 0 Å². The van der Waals surface area contributed by atoms with Gasteiger partial charge in [-0.15, -0.1) is 0 Å². The number of hydrogen-bond donors (Lipinski definition) is 0. The van der Waals surface area contributed by atoms with E-state index in [-0.39, 0.29) is 30.8 Å². The van der Waals surface area contributed by atoms with Crippen LogP contribution in [0, 0.1) is 5.92 Å². The third kappa shape index (κ3) is 7.36. The lowest BCUT2D eigenvalue weighted by molar-refractivity contribution is -0.142. The Morgan fingerprint density at radius 3 is 2.41 bits per heavy atom. The predicted octanol–water partition coefficient (Wildman–Crippen LogP) is 4.62. The summed E-state index contributed by atoms with van der Waals surface area (Å²) in [4.78, 5) is 36.7. The molecule has 0 unspecified atom stereocenters. The molecule has 1 aliphatic heterocycles. The molecule has 0 aliphatic carbocycles. The lowest BCUT2D eigenvalue weighted by Gasteiger charge is -2.28. The molecule has 0 saturated carbocycles. The maximum atomic E-state index is 13.5. The normalized spacial score (nSPS) is 15.2. The van der Waals surface area contributed by atoms with E-state index < -0.39 is 11.9 Å². The minimum atomic E-state index is -4.59. The fraction of sp³-hybridized carbons (Fsp3) is 0.429. The summed E-state index contributed by atoms with van der Waals surface area (Å²) in [6.07, 6.45) is -0.642. The minimum absolute atomic E-state index is 0.00943. The number of hydrogen-bond acceptors (Lipinski definition) is 5. The molecule has 3 aromatic rings. The van der Waals surface area contributed by atoms with Crippen molar-refractivity contribution >= 4 is 23.3 Å². The first kappa shape index (κ1) is 28.1. The van der Waals surface area contributed by atoms with E-state index in [2.05, 4.69) is 15.0 Å². The van der Waals surface area contributed by atoms with Gasteiger partial charge in [-0.05, 0) is 42.2 Å². The van der Waals surface area contributed by atoms with Crippen LogP contribution in [0.25, 0.3) is 0 Å².